The number of nitrogens with one attached hydrogen (secondary N) is 1. The molecule has 0 spiro atoms. The van der Waals surface area contributed by atoms with E-state index >= 15 is 0 Å². The molecule has 0 aliphatic carbocycles. The summed E-state index contributed by atoms with van der Waals surface area (Å²) >= 11 is 0. The highest BCUT2D eigenvalue weighted by Gasteiger charge is 2.25. The fraction of sp³-hybridized carbons (Fsp3) is 0.625. The summed E-state index contributed by atoms with van der Waals surface area (Å²) in [6, 6.07) is 1.89. The number of amides is 1. The summed E-state index contributed by atoms with van der Waals surface area (Å²) in [7, 11) is 0. The maximum absolute atomic E-state index is 12.7. The van der Waals surface area contributed by atoms with Crippen LogP contribution in [0.4, 0.5) is 5.69 Å². The summed E-state index contributed by atoms with van der Waals surface area (Å²) in [6.45, 7) is 6.96. The quantitative estimate of drug-likeness (QED) is 0.897. The lowest BCUT2D eigenvalue weighted by atomic mass is 9.95. The summed E-state index contributed by atoms with van der Waals surface area (Å²) in [5.74, 6) is 0.770. The van der Waals surface area contributed by atoms with E-state index in [9.17, 15) is 4.79 Å². The Morgan fingerprint density at radius 2 is 2.35 bits per heavy atom. The molecule has 4 heteroatoms. The number of pyridine rings is 1. The van der Waals surface area contributed by atoms with Crippen LogP contribution in [0.25, 0.3) is 0 Å². The van der Waals surface area contributed by atoms with E-state index in [0.717, 1.165) is 44.6 Å². The molecule has 1 aromatic rings. The Bertz CT molecular complexity index is 447. The summed E-state index contributed by atoms with van der Waals surface area (Å²) < 4.78 is 0. The van der Waals surface area contributed by atoms with Gasteiger partial charge in [0.05, 0.1) is 11.3 Å². The minimum absolute atomic E-state index is 0.120. The van der Waals surface area contributed by atoms with Gasteiger partial charge in [0.25, 0.3) is 5.91 Å². The van der Waals surface area contributed by atoms with E-state index in [1.54, 1.807) is 12.4 Å². The van der Waals surface area contributed by atoms with Crippen molar-refractivity contribution >= 4 is 11.6 Å². The van der Waals surface area contributed by atoms with E-state index in [-0.39, 0.29) is 5.91 Å². The molecule has 1 aliphatic heterocycles. The Labute approximate surface area is 121 Å². The maximum Gasteiger partial charge on any atom is 0.257 e. The molecule has 0 aromatic carbocycles. The highest BCUT2D eigenvalue weighted by atomic mass is 16.2. The number of likely N-dealkylation sites (tertiary alicyclic amines) is 1. The van der Waals surface area contributed by atoms with E-state index in [1.807, 2.05) is 11.0 Å². The fourth-order valence-electron chi connectivity index (χ4n) is 2.73. The highest BCUT2D eigenvalue weighted by Crippen LogP contribution is 2.23. The Morgan fingerprint density at radius 3 is 3.10 bits per heavy atom. The van der Waals surface area contributed by atoms with Crippen LogP contribution in [0.15, 0.2) is 18.5 Å². The van der Waals surface area contributed by atoms with Gasteiger partial charge < -0.3 is 10.2 Å². The molecule has 4 nitrogen and oxygen atoms in total. The first-order valence-corrected chi connectivity index (χ1v) is 7.73. The molecule has 0 radical (unpaired) electrons. The van der Waals surface area contributed by atoms with Gasteiger partial charge in [-0.3, -0.25) is 9.78 Å². The lowest BCUT2D eigenvalue weighted by Crippen LogP contribution is -2.40. The third-order valence-corrected chi connectivity index (χ3v) is 4.00. The third-order valence-electron chi connectivity index (χ3n) is 4.00. The zero-order valence-corrected chi connectivity index (χ0v) is 12.6. The number of hydrogen-bond donors (Lipinski definition) is 1. The lowest BCUT2D eigenvalue weighted by molar-refractivity contribution is 0.0672. The predicted octanol–water partition coefficient (Wildman–Crippen LogP) is 3.17. The van der Waals surface area contributed by atoms with E-state index < -0.39 is 0 Å². The average Bonchev–Trinajstić information content (AvgIpc) is 2.52. The van der Waals surface area contributed by atoms with E-state index in [2.05, 4.69) is 24.1 Å². The Kier molecular flexibility index (Phi) is 5.39. The van der Waals surface area contributed by atoms with Crippen LogP contribution in [0.3, 0.4) is 0 Å². The standard InChI is InChI=1S/C16H25N3O/c1-3-8-18-15-7-9-17-11-14(15)16(20)19-10-5-6-13(4-2)12-19/h7,9,11,13H,3-6,8,10,12H2,1-2H3,(H,17,18). The van der Waals surface area contributed by atoms with Crippen LogP contribution in [0.2, 0.25) is 0 Å². The molecule has 1 N–H and O–H groups in total. The summed E-state index contributed by atoms with van der Waals surface area (Å²) in [4.78, 5) is 18.8. The predicted molar refractivity (Wildman–Crippen MR) is 81.9 cm³/mol. The molecule has 1 aliphatic rings. The van der Waals surface area contributed by atoms with Gasteiger partial charge in [-0.15, -0.1) is 0 Å². The number of rotatable bonds is 5. The fourth-order valence-corrected chi connectivity index (χ4v) is 2.73. The molecular weight excluding hydrogens is 250 g/mol. The van der Waals surface area contributed by atoms with Gasteiger partial charge in [-0.2, -0.15) is 0 Å². The molecule has 110 valence electrons. The van der Waals surface area contributed by atoms with Crippen molar-refractivity contribution in [3.63, 3.8) is 0 Å². The molecule has 1 atom stereocenters. The van der Waals surface area contributed by atoms with E-state index in [1.165, 1.54) is 6.42 Å². The smallest absolute Gasteiger partial charge is 0.257 e. The lowest BCUT2D eigenvalue weighted by Gasteiger charge is -2.32. The van der Waals surface area contributed by atoms with Crippen molar-refractivity contribution in [3.8, 4) is 0 Å². The van der Waals surface area contributed by atoms with Gasteiger partial charge in [-0.05, 0) is 31.2 Å². The van der Waals surface area contributed by atoms with Crippen LogP contribution in [0.5, 0.6) is 0 Å². The van der Waals surface area contributed by atoms with Crippen molar-refractivity contribution in [2.24, 2.45) is 5.92 Å². The number of anilines is 1. The van der Waals surface area contributed by atoms with Gasteiger partial charge in [0.2, 0.25) is 0 Å². The van der Waals surface area contributed by atoms with Crippen molar-refractivity contribution < 1.29 is 4.79 Å². The number of carbonyl (C=O) groups is 1. The number of aromatic nitrogens is 1. The van der Waals surface area contributed by atoms with Crippen molar-refractivity contribution in [2.45, 2.75) is 39.5 Å². The summed E-state index contributed by atoms with van der Waals surface area (Å²) in [5, 5.41) is 3.32. The van der Waals surface area contributed by atoms with Gasteiger partial charge in [0, 0.05) is 32.0 Å². The van der Waals surface area contributed by atoms with Gasteiger partial charge in [0.15, 0.2) is 0 Å². The van der Waals surface area contributed by atoms with Crippen LogP contribution >= 0.6 is 0 Å². The normalized spacial score (nSPS) is 18.9. The molecule has 1 fully saturated rings. The number of hydrogen-bond acceptors (Lipinski definition) is 3. The van der Waals surface area contributed by atoms with Crippen LogP contribution < -0.4 is 5.32 Å². The Balaban J connectivity index is 2.11. The largest absolute Gasteiger partial charge is 0.384 e. The second-order valence-electron chi connectivity index (χ2n) is 5.52. The first-order valence-electron chi connectivity index (χ1n) is 7.73. The Hall–Kier alpha value is -1.58. The number of carbonyl (C=O) groups excluding carboxylic acids is 1. The first-order chi connectivity index (χ1) is 9.76. The first kappa shape index (κ1) is 14.8. The van der Waals surface area contributed by atoms with Crippen molar-refractivity contribution in [1.29, 1.82) is 0 Å². The summed E-state index contributed by atoms with van der Waals surface area (Å²) in [5.41, 5.74) is 1.61. The van der Waals surface area contributed by atoms with Crippen LogP contribution in [0.1, 0.15) is 49.9 Å². The maximum atomic E-state index is 12.7. The van der Waals surface area contributed by atoms with Gasteiger partial charge >= 0.3 is 0 Å². The average molecular weight is 275 g/mol. The molecule has 2 rings (SSSR count). The highest BCUT2D eigenvalue weighted by molar-refractivity contribution is 5.99. The molecule has 2 heterocycles. The van der Waals surface area contributed by atoms with Gasteiger partial charge in [0.1, 0.15) is 0 Å². The van der Waals surface area contributed by atoms with Crippen molar-refractivity contribution in [2.75, 3.05) is 25.0 Å². The Morgan fingerprint density at radius 1 is 1.50 bits per heavy atom. The zero-order valence-electron chi connectivity index (χ0n) is 12.6. The second-order valence-corrected chi connectivity index (χ2v) is 5.52. The van der Waals surface area contributed by atoms with Crippen LogP contribution in [-0.4, -0.2) is 35.4 Å². The molecular formula is C16H25N3O. The van der Waals surface area contributed by atoms with E-state index in [0.29, 0.717) is 11.5 Å². The molecule has 0 bridgehead atoms. The second kappa shape index (κ2) is 7.27. The number of piperidine rings is 1. The van der Waals surface area contributed by atoms with Gasteiger partial charge in [-0.25, -0.2) is 0 Å². The minimum atomic E-state index is 0.120. The monoisotopic (exact) mass is 275 g/mol. The van der Waals surface area contributed by atoms with Crippen LogP contribution in [0, 0.1) is 5.92 Å². The third kappa shape index (κ3) is 3.50. The molecule has 0 saturated carbocycles. The molecule has 1 aromatic heterocycles. The summed E-state index contributed by atoms with van der Waals surface area (Å²) in [6.07, 6.45) is 7.97. The van der Waals surface area contributed by atoms with Crippen LogP contribution in [-0.2, 0) is 0 Å². The molecule has 1 saturated heterocycles. The number of nitrogens with zero attached hydrogens (tertiary/aromatic N) is 2. The topological polar surface area (TPSA) is 45.2 Å². The zero-order chi connectivity index (χ0) is 14.4. The molecule has 1 amide bonds. The van der Waals surface area contributed by atoms with E-state index in [4.69, 9.17) is 0 Å². The van der Waals surface area contributed by atoms with Crippen molar-refractivity contribution in [3.05, 3.63) is 24.0 Å². The molecule has 20 heavy (non-hydrogen) atoms. The SMILES string of the molecule is CCCNc1ccncc1C(=O)N1CCCC(CC)C1. The molecule has 1 unspecified atom stereocenters. The van der Waals surface area contributed by atoms with Gasteiger partial charge in [-0.1, -0.05) is 20.3 Å². The minimum Gasteiger partial charge on any atom is -0.384 e. The van der Waals surface area contributed by atoms with Crippen molar-refractivity contribution in [1.82, 2.24) is 9.88 Å².